The highest BCUT2D eigenvalue weighted by Gasteiger charge is 2.01. The van der Waals surface area contributed by atoms with E-state index in [0.717, 1.165) is 22.2 Å². The molecule has 0 atom stereocenters. The number of hydrogen-bond acceptors (Lipinski definition) is 2. The number of aromatic nitrogens is 2. The van der Waals surface area contributed by atoms with Gasteiger partial charge in [-0.3, -0.25) is 0 Å². The van der Waals surface area contributed by atoms with Crippen LogP contribution in [0.4, 0.5) is 0 Å². The number of pyridine rings is 1. The molecule has 0 saturated carbocycles. The topological polar surface area (TPSA) is 43.3 Å². The Kier molecular flexibility index (Phi) is 2.33. The highest BCUT2D eigenvalue weighted by molar-refractivity contribution is 9.10. The third-order valence-electron chi connectivity index (χ3n) is 1.95. The van der Waals surface area contributed by atoms with Gasteiger partial charge in [0.15, 0.2) is 0 Å². The van der Waals surface area contributed by atoms with Crippen LogP contribution in [0.3, 0.4) is 0 Å². The molecule has 0 aliphatic carbocycles. The van der Waals surface area contributed by atoms with Gasteiger partial charge in [-0.15, -0.1) is 0 Å². The molecule has 0 spiro atoms. The van der Waals surface area contributed by atoms with Crippen LogP contribution in [0.5, 0.6) is 0 Å². The minimum absolute atomic E-state index is 0.653. The normalized spacial score (nSPS) is 10.9. The summed E-state index contributed by atoms with van der Waals surface area (Å²) in [4.78, 5) is 4.26. The first-order valence-electron chi connectivity index (χ1n) is 4.13. The number of nitrogens with zero attached hydrogens (tertiary/aromatic N) is 2. The lowest BCUT2D eigenvalue weighted by Crippen LogP contribution is -2.04. The van der Waals surface area contributed by atoms with Crippen molar-refractivity contribution in [2.24, 2.45) is 5.73 Å². The van der Waals surface area contributed by atoms with Crippen molar-refractivity contribution in [3.63, 3.8) is 0 Å². The fourth-order valence-corrected chi connectivity index (χ4v) is 1.67. The molecular weight excluding hydrogens is 230 g/mol. The number of nitrogens with two attached hydrogens (primary N) is 1. The van der Waals surface area contributed by atoms with Gasteiger partial charge in [-0.2, -0.15) is 0 Å². The SMILES string of the molecule is NCCc1cnc2ccc(Br)cn12. The average molecular weight is 240 g/mol. The maximum Gasteiger partial charge on any atom is 0.136 e. The molecule has 13 heavy (non-hydrogen) atoms. The third-order valence-corrected chi connectivity index (χ3v) is 2.42. The Bertz CT molecular complexity index is 422. The zero-order valence-electron chi connectivity index (χ0n) is 7.07. The van der Waals surface area contributed by atoms with E-state index in [0.29, 0.717) is 6.54 Å². The molecule has 0 fully saturated rings. The molecule has 0 aromatic carbocycles. The molecule has 0 radical (unpaired) electrons. The van der Waals surface area contributed by atoms with E-state index in [9.17, 15) is 0 Å². The van der Waals surface area contributed by atoms with Crippen LogP contribution in [0.25, 0.3) is 5.65 Å². The van der Waals surface area contributed by atoms with Crippen LogP contribution in [0.2, 0.25) is 0 Å². The van der Waals surface area contributed by atoms with E-state index in [1.807, 2.05) is 24.5 Å². The number of imidazole rings is 1. The summed E-state index contributed by atoms with van der Waals surface area (Å²) in [6, 6.07) is 3.96. The van der Waals surface area contributed by atoms with Crippen LogP contribution in [-0.2, 0) is 6.42 Å². The van der Waals surface area contributed by atoms with Gasteiger partial charge in [0.1, 0.15) is 5.65 Å². The number of halogens is 1. The van der Waals surface area contributed by atoms with Gasteiger partial charge in [0.2, 0.25) is 0 Å². The molecule has 0 amide bonds. The van der Waals surface area contributed by atoms with Gasteiger partial charge < -0.3 is 10.1 Å². The molecule has 2 heterocycles. The first kappa shape index (κ1) is 8.72. The molecule has 0 bridgehead atoms. The molecule has 2 N–H and O–H groups in total. The minimum atomic E-state index is 0.653. The maximum atomic E-state index is 5.50. The summed E-state index contributed by atoms with van der Waals surface area (Å²) in [5.41, 5.74) is 7.61. The number of fused-ring (bicyclic) bond motifs is 1. The molecule has 2 rings (SSSR count). The van der Waals surface area contributed by atoms with E-state index in [1.54, 1.807) is 0 Å². The lowest BCUT2D eigenvalue weighted by Gasteiger charge is -1.99. The van der Waals surface area contributed by atoms with Crippen LogP contribution in [0.15, 0.2) is 29.0 Å². The molecular formula is C9H10BrN3. The summed E-state index contributed by atoms with van der Waals surface area (Å²) in [5, 5.41) is 0. The second kappa shape index (κ2) is 3.47. The fraction of sp³-hybridized carbons (Fsp3) is 0.222. The van der Waals surface area contributed by atoms with E-state index < -0.39 is 0 Å². The summed E-state index contributed by atoms with van der Waals surface area (Å²) >= 11 is 3.42. The highest BCUT2D eigenvalue weighted by Crippen LogP contribution is 2.13. The summed E-state index contributed by atoms with van der Waals surface area (Å²) in [6.45, 7) is 0.653. The van der Waals surface area contributed by atoms with Gasteiger partial charge >= 0.3 is 0 Å². The van der Waals surface area contributed by atoms with Crippen molar-refractivity contribution in [3.8, 4) is 0 Å². The molecule has 0 saturated heterocycles. The molecule has 2 aromatic rings. The van der Waals surface area contributed by atoms with Gasteiger partial charge in [-0.1, -0.05) is 0 Å². The van der Waals surface area contributed by atoms with Crippen molar-refractivity contribution in [1.82, 2.24) is 9.38 Å². The van der Waals surface area contributed by atoms with E-state index in [1.165, 1.54) is 0 Å². The van der Waals surface area contributed by atoms with Crippen molar-refractivity contribution in [1.29, 1.82) is 0 Å². The van der Waals surface area contributed by atoms with Crippen LogP contribution >= 0.6 is 15.9 Å². The standard InChI is InChI=1S/C9H10BrN3/c10-7-1-2-9-12-5-8(3-4-11)13(9)6-7/h1-2,5-6H,3-4,11H2. The van der Waals surface area contributed by atoms with Crippen LogP contribution < -0.4 is 5.73 Å². The van der Waals surface area contributed by atoms with Gasteiger partial charge in [-0.05, 0) is 34.6 Å². The predicted molar refractivity (Wildman–Crippen MR) is 55.7 cm³/mol. The van der Waals surface area contributed by atoms with Gasteiger partial charge in [0.05, 0.1) is 0 Å². The van der Waals surface area contributed by atoms with Crippen LogP contribution in [-0.4, -0.2) is 15.9 Å². The lowest BCUT2D eigenvalue weighted by atomic mass is 10.3. The molecule has 68 valence electrons. The summed E-state index contributed by atoms with van der Waals surface area (Å²) in [6.07, 6.45) is 4.74. The summed E-state index contributed by atoms with van der Waals surface area (Å²) in [5.74, 6) is 0. The molecule has 2 aromatic heterocycles. The maximum absolute atomic E-state index is 5.50. The Hall–Kier alpha value is -0.870. The molecule has 0 aliphatic rings. The Morgan fingerprint density at radius 2 is 2.31 bits per heavy atom. The number of hydrogen-bond donors (Lipinski definition) is 1. The van der Waals surface area contributed by atoms with Crippen molar-refractivity contribution >= 4 is 21.6 Å². The quantitative estimate of drug-likeness (QED) is 0.866. The highest BCUT2D eigenvalue weighted by atomic mass is 79.9. The smallest absolute Gasteiger partial charge is 0.136 e. The Labute approximate surface area is 84.7 Å². The zero-order valence-corrected chi connectivity index (χ0v) is 8.66. The van der Waals surface area contributed by atoms with Crippen LogP contribution in [0, 0.1) is 0 Å². The second-order valence-electron chi connectivity index (χ2n) is 2.86. The van der Waals surface area contributed by atoms with Crippen LogP contribution in [0.1, 0.15) is 5.69 Å². The Morgan fingerprint density at radius 3 is 3.08 bits per heavy atom. The second-order valence-corrected chi connectivity index (χ2v) is 3.78. The van der Waals surface area contributed by atoms with E-state index in [-0.39, 0.29) is 0 Å². The molecule has 0 unspecified atom stereocenters. The first-order valence-corrected chi connectivity index (χ1v) is 4.92. The van der Waals surface area contributed by atoms with Crippen molar-refractivity contribution < 1.29 is 0 Å². The summed E-state index contributed by atoms with van der Waals surface area (Å²) in [7, 11) is 0. The Morgan fingerprint density at radius 1 is 1.46 bits per heavy atom. The van der Waals surface area contributed by atoms with Crippen molar-refractivity contribution in [3.05, 3.63) is 34.7 Å². The first-order chi connectivity index (χ1) is 6.31. The fourth-order valence-electron chi connectivity index (χ4n) is 1.34. The van der Waals surface area contributed by atoms with E-state index >= 15 is 0 Å². The lowest BCUT2D eigenvalue weighted by molar-refractivity contribution is 0.904. The summed E-state index contributed by atoms with van der Waals surface area (Å²) < 4.78 is 3.10. The minimum Gasteiger partial charge on any atom is -0.330 e. The predicted octanol–water partition coefficient (Wildman–Crippen LogP) is 1.60. The monoisotopic (exact) mass is 239 g/mol. The third kappa shape index (κ3) is 1.59. The Balaban J connectivity index is 2.58. The van der Waals surface area contributed by atoms with Gasteiger partial charge in [-0.25, -0.2) is 4.98 Å². The van der Waals surface area contributed by atoms with E-state index in [4.69, 9.17) is 5.73 Å². The largest absolute Gasteiger partial charge is 0.330 e. The van der Waals surface area contributed by atoms with Crippen molar-refractivity contribution in [2.75, 3.05) is 6.54 Å². The van der Waals surface area contributed by atoms with E-state index in [2.05, 4.69) is 25.3 Å². The molecule has 0 aliphatic heterocycles. The van der Waals surface area contributed by atoms with Gasteiger partial charge in [0.25, 0.3) is 0 Å². The zero-order chi connectivity index (χ0) is 9.26. The van der Waals surface area contributed by atoms with Gasteiger partial charge in [0, 0.05) is 29.0 Å². The molecule has 3 nitrogen and oxygen atoms in total. The van der Waals surface area contributed by atoms with Crippen molar-refractivity contribution in [2.45, 2.75) is 6.42 Å². The average Bonchev–Trinajstić information content (AvgIpc) is 2.49. The number of rotatable bonds is 2. The molecule has 4 heteroatoms.